The third kappa shape index (κ3) is 4.18. The van der Waals surface area contributed by atoms with Crippen LogP contribution in [0, 0.1) is 0 Å². The predicted molar refractivity (Wildman–Crippen MR) is 129 cm³/mol. The Bertz CT molecular complexity index is 1330. The van der Waals surface area contributed by atoms with Gasteiger partial charge in [0.1, 0.15) is 6.33 Å². The van der Waals surface area contributed by atoms with E-state index in [4.69, 9.17) is 14.5 Å². The maximum Gasteiger partial charge on any atom is 0.231 e. The number of methoxy groups -OCH3 is 2. The predicted octanol–water partition coefficient (Wildman–Crippen LogP) is 5.34. The summed E-state index contributed by atoms with van der Waals surface area (Å²) in [6.07, 6.45) is 3.28. The van der Waals surface area contributed by atoms with Gasteiger partial charge in [-0.25, -0.2) is 9.97 Å². The van der Waals surface area contributed by atoms with Gasteiger partial charge in [-0.1, -0.05) is 22.3 Å². The van der Waals surface area contributed by atoms with Crippen molar-refractivity contribution in [3.63, 3.8) is 0 Å². The summed E-state index contributed by atoms with van der Waals surface area (Å²) in [5.74, 6) is 1.84. The number of aromatic nitrogens is 6. The molecule has 32 heavy (non-hydrogen) atoms. The number of nitrogens with one attached hydrogen (secondary N) is 2. The lowest BCUT2D eigenvalue weighted by Gasteiger charge is -2.12. The highest BCUT2D eigenvalue weighted by molar-refractivity contribution is 5.82. The van der Waals surface area contributed by atoms with E-state index in [1.54, 1.807) is 24.9 Å². The molecule has 0 aliphatic rings. The molecular formula is C23H29N7O2. The molecule has 0 saturated heterocycles. The van der Waals surface area contributed by atoms with E-state index < -0.39 is 0 Å². The molecule has 0 spiro atoms. The van der Waals surface area contributed by atoms with E-state index in [0.717, 1.165) is 27.8 Å². The summed E-state index contributed by atoms with van der Waals surface area (Å²) in [6.45, 7) is 0. The molecular weight excluding hydrogens is 406 g/mol. The number of anilines is 2. The van der Waals surface area contributed by atoms with Crippen LogP contribution in [0.3, 0.4) is 0 Å². The monoisotopic (exact) mass is 435 g/mol. The van der Waals surface area contributed by atoms with E-state index in [-0.39, 0.29) is 22.3 Å². The Hall–Kier alpha value is -4.14. The average Bonchev–Trinajstić information content (AvgIpc) is 3.42. The number of fused-ring (bicyclic) bond motifs is 2. The average molecular weight is 436 g/mol. The highest BCUT2D eigenvalue weighted by Gasteiger charge is 2.13. The van der Waals surface area contributed by atoms with Crippen molar-refractivity contribution in [3.8, 4) is 22.8 Å². The molecule has 0 saturated carbocycles. The Morgan fingerprint density at radius 3 is 2.53 bits per heavy atom. The summed E-state index contributed by atoms with van der Waals surface area (Å²) in [7, 11) is 3.21. The molecule has 0 radical (unpaired) electrons. The highest BCUT2D eigenvalue weighted by Crippen LogP contribution is 2.32. The summed E-state index contributed by atoms with van der Waals surface area (Å²) in [6, 6.07) is 13.4. The Morgan fingerprint density at radius 1 is 0.938 bits per heavy atom. The van der Waals surface area contributed by atoms with Crippen LogP contribution in [0.25, 0.3) is 27.8 Å². The molecule has 0 atom stereocenters. The zero-order valence-corrected chi connectivity index (χ0v) is 15.7. The van der Waals surface area contributed by atoms with Gasteiger partial charge in [-0.15, -0.1) is 0 Å². The summed E-state index contributed by atoms with van der Waals surface area (Å²) in [5.41, 5.74) is 4.07. The van der Waals surface area contributed by atoms with E-state index in [2.05, 4.69) is 25.6 Å². The fourth-order valence-electron chi connectivity index (χ4n) is 3.20. The van der Waals surface area contributed by atoms with Crippen LogP contribution >= 0.6 is 0 Å². The Kier molecular flexibility index (Phi) is 7.37. The van der Waals surface area contributed by atoms with Crippen molar-refractivity contribution >= 4 is 28.2 Å². The van der Waals surface area contributed by atoms with Gasteiger partial charge in [-0.3, -0.25) is 5.10 Å². The molecule has 2 aromatic carbocycles. The number of rotatable bonds is 5. The van der Waals surface area contributed by atoms with Gasteiger partial charge in [0.2, 0.25) is 5.95 Å². The van der Waals surface area contributed by atoms with Gasteiger partial charge in [-0.05, 0) is 36.4 Å². The van der Waals surface area contributed by atoms with Crippen molar-refractivity contribution in [2.24, 2.45) is 0 Å². The minimum Gasteiger partial charge on any atom is -0.493 e. The third-order valence-electron chi connectivity index (χ3n) is 4.64. The molecule has 3 aromatic heterocycles. The minimum atomic E-state index is 0. The fourth-order valence-corrected chi connectivity index (χ4v) is 3.20. The summed E-state index contributed by atoms with van der Waals surface area (Å²) in [4.78, 5) is 9.09. The van der Waals surface area contributed by atoms with Crippen LogP contribution in [0.4, 0.5) is 11.6 Å². The van der Waals surface area contributed by atoms with Gasteiger partial charge in [0.05, 0.1) is 31.6 Å². The minimum absolute atomic E-state index is 0. The number of H-pyrrole nitrogens is 1. The molecule has 2 N–H and O–H groups in total. The van der Waals surface area contributed by atoms with Crippen LogP contribution < -0.4 is 14.8 Å². The normalized spacial score (nSPS) is 10.1. The smallest absolute Gasteiger partial charge is 0.231 e. The lowest BCUT2D eigenvalue weighted by Crippen LogP contribution is -2.04. The third-order valence-corrected chi connectivity index (χ3v) is 4.64. The van der Waals surface area contributed by atoms with Crippen LogP contribution in [0.15, 0.2) is 55.0 Å². The zero-order chi connectivity index (χ0) is 19.8. The highest BCUT2D eigenvalue weighted by atomic mass is 16.5. The first-order chi connectivity index (χ1) is 14.2. The van der Waals surface area contributed by atoms with Crippen molar-refractivity contribution in [3.05, 3.63) is 55.0 Å². The maximum absolute atomic E-state index is 5.42. The molecule has 0 aliphatic carbocycles. The Labute approximate surface area is 187 Å². The van der Waals surface area contributed by atoms with Gasteiger partial charge < -0.3 is 14.8 Å². The SMILES string of the molecule is C.C.C.COc1ccc(-c2cc3ncnn3c(Nc3ccc4cn[nH]c4c3)n2)cc1OC. The van der Waals surface area contributed by atoms with E-state index >= 15 is 0 Å². The lowest BCUT2D eigenvalue weighted by atomic mass is 10.1. The van der Waals surface area contributed by atoms with Crippen LogP contribution in [0.5, 0.6) is 11.5 Å². The molecule has 5 rings (SSSR count). The first-order valence-electron chi connectivity index (χ1n) is 8.88. The summed E-state index contributed by atoms with van der Waals surface area (Å²) < 4.78 is 12.4. The van der Waals surface area contributed by atoms with Crippen molar-refractivity contribution in [1.82, 2.24) is 29.8 Å². The van der Waals surface area contributed by atoms with Crippen LogP contribution in [0.1, 0.15) is 22.3 Å². The van der Waals surface area contributed by atoms with Crippen LogP contribution in [-0.2, 0) is 0 Å². The van der Waals surface area contributed by atoms with Gasteiger partial charge in [-0.2, -0.15) is 14.7 Å². The molecule has 0 fully saturated rings. The number of hydrogen-bond donors (Lipinski definition) is 2. The summed E-state index contributed by atoms with van der Waals surface area (Å²) >= 11 is 0. The van der Waals surface area contributed by atoms with E-state index in [1.807, 2.05) is 42.5 Å². The number of benzene rings is 2. The summed E-state index contributed by atoms with van der Waals surface area (Å²) in [5, 5.41) is 15.7. The molecule has 9 nitrogen and oxygen atoms in total. The second kappa shape index (κ2) is 9.78. The molecule has 168 valence electrons. The van der Waals surface area contributed by atoms with Crippen molar-refractivity contribution in [2.45, 2.75) is 22.3 Å². The van der Waals surface area contributed by atoms with Gasteiger partial charge in [0.25, 0.3) is 0 Å². The standard InChI is InChI=1S/C20H17N7O2.3CH4/c1-28-17-6-4-12(7-18(17)29-2)15-9-19-21-11-23-27(19)20(25-15)24-14-5-3-13-10-22-26-16(13)8-14;;;/h3-11H,1-2H3,(H,22,26)(H,24,25);3*1H4. The largest absolute Gasteiger partial charge is 0.493 e. The molecule has 9 heteroatoms. The number of ether oxygens (including phenoxy) is 2. The quantitative estimate of drug-likeness (QED) is 0.384. The first kappa shape index (κ1) is 24.1. The van der Waals surface area contributed by atoms with E-state index in [0.29, 0.717) is 23.1 Å². The zero-order valence-electron chi connectivity index (χ0n) is 15.7. The molecule has 0 bridgehead atoms. The van der Waals surface area contributed by atoms with Gasteiger partial charge in [0.15, 0.2) is 17.1 Å². The van der Waals surface area contributed by atoms with Crippen LogP contribution in [-0.4, -0.2) is 44.0 Å². The maximum atomic E-state index is 5.42. The van der Waals surface area contributed by atoms with E-state index in [9.17, 15) is 0 Å². The van der Waals surface area contributed by atoms with Crippen LogP contribution in [0.2, 0.25) is 0 Å². The first-order valence-corrected chi connectivity index (χ1v) is 8.88. The van der Waals surface area contributed by atoms with Crippen molar-refractivity contribution in [1.29, 1.82) is 0 Å². The Balaban J connectivity index is 0.00000121. The number of hydrogen-bond acceptors (Lipinski definition) is 7. The fraction of sp³-hybridized carbons (Fsp3) is 0.217. The van der Waals surface area contributed by atoms with Gasteiger partial charge >= 0.3 is 0 Å². The van der Waals surface area contributed by atoms with Gasteiger partial charge in [0, 0.05) is 22.7 Å². The number of aromatic amines is 1. The molecule has 0 unspecified atom stereocenters. The second-order valence-corrected chi connectivity index (χ2v) is 6.36. The molecule has 3 heterocycles. The van der Waals surface area contributed by atoms with Crippen molar-refractivity contribution < 1.29 is 9.47 Å². The second-order valence-electron chi connectivity index (χ2n) is 6.36. The van der Waals surface area contributed by atoms with E-state index in [1.165, 1.54) is 6.33 Å². The Morgan fingerprint density at radius 2 is 1.75 bits per heavy atom. The van der Waals surface area contributed by atoms with Crippen molar-refractivity contribution in [2.75, 3.05) is 19.5 Å². The topological polar surface area (TPSA) is 102 Å². The molecule has 0 amide bonds. The number of nitrogens with zero attached hydrogens (tertiary/aromatic N) is 5. The molecule has 5 aromatic rings. The molecule has 0 aliphatic heterocycles. The lowest BCUT2D eigenvalue weighted by molar-refractivity contribution is 0.355.